The van der Waals surface area contributed by atoms with Gasteiger partial charge in [0.15, 0.2) is 0 Å². The molecular formula is C14H16ClN3. The fourth-order valence-electron chi connectivity index (χ4n) is 1.69. The lowest BCUT2D eigenvalue weighted by atomic mass is 9.85. The van der Waals surface area contributed by atoms with Crippen LogP contribution in [0.15, 0.2) is 42.7 Å². The van der Waals surface area contributed by atoms with Crippen LogP contribution in [-0.4, -0.2) is 16.5 Å². The second kappa shape index (κ2) is 5.36. The van der Waals surface area contributed by atoms with Gasteiger partial charge in [-0.15, -0.1) is 0 Å². The normalized spacial score (nSPS) is 11.3. The topological polar surface area (TPSA) is 37.8 Å². The molecule has 0 saturated heterocycles. The van der Waals surface area contributed by atoms with E-state index in [-0.39, 0.29) is 5.41 Å². The molecule has 4 heteroatoms. The van der Waals surface area contributed by atoms with Crippen LogP contribution < -0.4 is 5.32 Å². The number of nitrogens with one attached hydrogen (secondary N) is 1. The molecule has 2 aromatic rings. The summed E-state index contributed by atoms with van der Waals surface area (Å²) < 4.78 is 0. The second-order valence-corrected chi connectivity index (χ2v) is 5.26. The highest BCUT2D eigenvalue weighted by atomic mass is 35.5. The van der Waals surface area contributed by atoms with Gasteiger partial charge in [0.1, 0.15) is 0 Å². The van der Waals surface area contributed by atoms with E-state index in [0.717, 1.165) is 6.54 Å². The lowest BCUT2D eigenvalue weighted by Crippen LogP contribution is -2.28. The highest BCUT2D eigenvalue weighted by Crippen LogP contribution is 2.22. The molecule has 1 heterocycles. The van der Waals surface area contributed by atoms with Crippen LogP contribution in [-0.2, 0) is 5.41 Å². The molecule has 0 unspecified atom stereocenters. The van der Waals surface area contributed by atoms with Gasteiger partial charge in [-0.3, -0.25) is 0 Å². The van der Waals surface area contributed by atoms with Crippen LogP contribution in [0, 0.1) is 0 Å². The van der Waals surface area contributed by atoms with Crippen molar-refractivity contribution in [2.45, 2.75) is 19.3 Å². The third-order valence-electron chi connectivity index (χ3n) is 2.86. The van der Waals surface area contributed by atoms with Gasteiger partial charge in [0.05, 0.1) is 17.4 Å². The number of anilines is 1. The summed E-state index contributed by atoms with van der Waals surface area (Å²) in [4.78, 5) is 8.24. The van der Waals surface area contributed by atoms with Crippen molar-refractivity contribution >= 4 is 17.5 Å². The van der Waals surface area contributed by atoms with Gasteiger partial charge in [0.2, 0.25) is 5.95 Å². The first-order valence-corrected chi connectivity index (χ1v) is 6.23. The van der Waals surface area contributed by atoms with Gasteiger partial charge < -0.3 is 5.32 Å². The van der Waals surface area contributed by atoms with E-state index in [9.17, 15) is 0 Å². The first-order chi connectivity index (χ1) is 8.58. The van der Waals surface area contributed by atoms with E-state index in [4.69, 9.17) is 11.6 Å². The van der Waals surface area contributed by atoms with Crippen molar-refractivity contribution in [3.05, 3.63) is 53.3 Å². The first-order valence-electron chi connectivity index (χ1n) is 5.85. The van der Waals surface area contributed by atoms with Crippen LogP contribution in [0.5, 0.6) is 0 Å². The third kappa shape index (κ3) is 3.20. The summed E-state index contributed by atoms with van der Waals surface area (Å²) in [6.07, 6.45) is 3.18. The molecule has 1 aromatic heterocycles. The predicted molar refractivity (Wildman–Crippen MR) is 75.0 cm³/mol. The summed E-state index contributed by atoms with van der Waals surface area (Å²) >= 11 is 5.74. The Kier molecular flexibility index (Phi) is 3.82. The molecular weight excluding hydrogens is 246 g/mol. The van der Waals surface area contributed by atoms with Crippen LogP contribution in [0.1, 0.15) is 19.4 Å². The Bertz CT molecular complexity index is 494. The minimum absolute atomic E-state index is 0.0181. The highest BCUT2D eigenvalue weighted by molar-refractivity contribution is 6.30. The van der Waals surface area contributed by atoms with Crippen molar-refractivity contribution in [2.75, 3.05) is 11.9 Å². The van der Waals surface area contributed by atoms with Gasteiger partial charge in [-0.1, -0.05) is 55.8 Å². The van der Waals surface area contributed by atoms with E-state index < -0.39 is 0 Å². The summed E-state index contributed by atoms with van der Waals surface area (Å²) in [5.41, 5.74) is 1.30. The zero-order valence-electron chi connectivity index (χ0n) is 10.5. The molecule has 94 valence electrons. The quantitative estimate of drug-likeness (QED) is 0.915. The molecule has 1 N–H and O–H groups in total. The zero-order chi connectivity index (χ0) is 13.0. The van der Waals surface area contributed by atoms with E-state index in [1.165, 1.54) is 5.56 Å². The molecule has 0 saturated carbocycles. The minimum Gasteiger partial charge on any atom is -0.353 e. The maximum Gasteiger partial charge on any atom is 0.222 e. The standard InChI is InChI=1S/C14H16ClN3/c1-14(2,11-6-4-3-5-7-11)10-18-13-16-8-12(15)9-17-13/h3-9H,10H2,1-2H3,(H,16,17,18). The summed E-state index contributed by atoms with van der Waals surface area (Å²) in [7, 11) is 0. The van der Waals surface area contributed by atoms with Gasteiger partial charge in [-0.2, -0.15) is 0 Å². The van der Waals surface area contributed by atoms with E-state index >= 15 is 0 Å². The predicted octanol–water partition coefficient (Wildman–Crippen LogP) is 3.52. The van der Waals surface area contributed by atoms with Gasteiger partial charge in [-0.05, 0) is 5.56 Å². The summed E-state index contributed by atoms with van der Waals surface area (Å²) in [5.74, 6) is 0.600. The molecule has 0 aliphatic carbocycles. The van der Waals surface area contributed by atoms with Crippen LogP contribution in [0.3, 0.4) is 0 Å². The zero-order valence-corrected chi connectivity index (χ0v) is 11.3. The maximum absolute atomic E-state index is 5.74. The van der Waals surface area contributed by atoms with Crippen LogP contribution >= 0.6 is 11.6 Å². The van der Waals surface area contributed by atoms with Crippen molar-refractivity contribution in [3.8, 4) is 0 Å². The van der Waals surface area contributed by atoms with E-state index in [1.54, 1.807) is 12.4 Å². The van der Waals surface area contributed by atoms with E-state index in [0.29, 0.717) is 11.0 Å². The van der Waals surface area contributed by atoms with Crippen LogP contribution in [0.2, 0.25) is 5.02 Å². The van der Waals surface area contributed by atoms with Crippen LogP contribution in [0.4, 0.5) is 5.95 Å². The Morgan fingerprint density at radius 3 is 2.33 bits per heavy atom. The molecule has 0 bridgehead atoms. The number of halogens is 1. The summed E-state index contributed by atoms with van der Waals surface area (Å²) in [5, 5.41) is 3.77. The maximum atomic E-state index is 5.74. The number of rotatable bonds is 4. The second-order valence-electron chi connectivity index (χ2n) is 4.83. The molecule has 0 aliphatic heterocycles. The van der Waals surface area contributed by atoms with Crippen molar-refractivity contribution in [2.24, 2.45) is 0 Å². The monoisotopic (exact) mass is 261 g/mol. The summed E-state index contributed by atoms with van der Waals surface area (Å²) in [6.45, 7) is 5.13. The van der Waals surface area contributed by atoms with Gasteiger partial charge in [-0.25, -0.2) is 9.97 Å². The van der Waals surface area contributed by atoms with Crippen molar-refractivity contribution in [1.82, 2.24) is 9.97 Å². The fraction of sp³-hybridized carbons (Fsp3) is 0.286. The Hall–Kier alpha value is -1.61. The number of hydrogen-bond acceptors (Lipinski definition) is 3. The van der Waals surface area contributed by atoms with E-state index in [1.807, 2.05) is 6.07 Å². The van der Waals surface area contributed by atoms with Gasteiger partial charge >= 0.3 is 0 Å². The summed E-state index contributed by atoms with van der Waals surface area (Å²) in [6, 6.07) is 10.4. The molecule has 3 nitrogen and oxygen atoms in total. The molecule has 0 amide bonds. The molecule has 2 rings (SSSR count). The largest absolute Gasteiger partial charge is 0.353 e. The lowest BCUT2D eigenvalue weighted by molar-refractivity contribution is 0.555. The minimum atomic E-state index is 0.0181. The SMILES string of the molecule is CC(C)(CNc1ncc(Cl)cn1)c1ccccc1. The first kappa shape index (κ1) is 12.8. The van der Waals surface area contributed by atoms with Crippen molar-refractivity contribution in [3.63, 3.8) is 0 Å². The average molecular weight is 262 g/mol. The Morgan fingerprint density at radius 2 is 1.72 bits per heavy atom. The fourth-order valence-corrected chi connectivity index (χ4v) is 1.79. The van der Waals surface area contributed by atoms with E-state index in [2.05, 4.69) is 53.4 Å². The Balaban J connectivity index is 2.03. The number of nitrogens with zero attached hydrogens (tertiary/aromatic N) is 2. The van der Waals surface area contributed by atoms with Gasteiger partial charge in [0, 0.05) is 12.0 Å². The lowest BCUT2D eigenvalue weighted by Gasteiger charge is -2.25. The average Bonchev–Trinajstić information content (AvgIpc) is 2.39. The molecule has 0 fully saturated rings. The Labute approximate surface area is 112 Å². The third-order valence-corrected chi connectivity index (χ3v) is 3.06. The molecule has 18 heavy (non-hydrogen) atoms. The molecule has 0 spiro atoms. The van der Waals surface area contributed by atoms with Crippen molar-refractivity contribution in [1.29, 1.82) is 0 Å². The molecule has 1 aromatic carbocycles. The number of benzene rings is 1. The van der Waals surface area contributed by atoms with Crippen molar-refractivity contribution < 1.29 is 0 Å². The molecule has 0 radical (unpaired) electrons. The van der Waals surface area contributed by atoms with Crippen LogP contribution in [0.25, 0.3) is 0 Å². The molecule has 0 aliphatic rings. The smallest absolute Gasteiger partial charge is 0.222 e. The molecule has 0 atom stereocenters. The number of aromatic nitrogens is 2. The highest BCUT2D eigenvalue weighted by Gasteiger charge is 2.20. The Morgan fingerprint density at radius 1 is 1.11 bits per heavy atom. The van der Waals surface area contributed by atoms with Gasteiger partial charge in [0.25, 0.3) is 0 Å². The number of hydrogen-bond donors (Lipinski definition) is 1.